The Bertz CT molecular complexity index is 1260. The second kappa shape index (κ2) is 10.0. The molecule has 0 fully saturated rings. The number of hydrogen-bond acceptors (Lipinski definition) is 4. The first-order valence-corrected chi connectivity index (χ1v) is 12.0. The first-order chi connectivity index (χ1) is 15.9. The maximum absolute atomic E-state index is 13.3. The predicted octanol–water partition coefficient (Wildman–Crippen LogP) is 4.95. The van der Waals surface area contributed by atoms with E-state index in [2.05, 4.69) is 29.5 Å². The van der Waals surface area contributed by atoms with Gasteiger partial charge < -0.3 is 10.6 Å². The van der Waals surface area contributed by atoms with Gasteiger partial charge in [-0.1, -0.05) is 62.4 Å². The van der Waals surface area contributed by atoms with Gasteiger partial charge in [0.2, 0.25) is 0 Å². The summed E-state index contributed by atoms with van der Waals surface area (Å²) in [6.45, 7) is 6.39. The highest BCUT2D eigenvalue weighted by atomic mass is 32.1. The molecular weight excluding hydrogens is 432 g/mol. The monoisotopic (exact) mass is 460 g/mol. The molecule has 170 valence electrons. The Morgan fingerprint density at radius 1 is 1.03 bits per heavy atom. The van der Waals surface area contributed by atoms with Crippen molar-refractivity contribution in [3.8, 4) is 11.1 Å². The maximum Gasteiger partial charge on any atom is 0.270 e. The van der Waals surface area contributed by atoms with Crippen LogP contribution in [0.25, 0.3) is 16.1 Å². The molecule has 0 spiro atoms. The number of aryl methyl sites for hydroxylation is 1. The quantitative estimate of drug-likeness (QED) is 0.391. The Labute approximate surface area is 197 Å². The molecule has 4 rings (SSSR count). The second-order valence-corrected chi connectivity index (χ2v) is 9.40. The van der Waals surface area contributed by atoms with Crippen LogP contribution in [0.4, 0.5) is 0 Å². The van der Waals surface area contributed by atoms with Crippen LogP contribution in [0, 0.1) is 12.8 Å². The Kier molecular flexibility index (Phi) is 6.89. The lowest BCUT2D eigenvalue weighted by Crippen LogP contribution is -2.44. The van der Waals surface area contributed by atoms with E-state index in [0.29, 0.717) is 29.4 Å². The van der Waals surface area contributed by atoms with E-state index >= 15 is 0 Å². The summed E-state index contributed by atoms with van der Waals surface area (Å²) in [6, 6.07) is 17.3. The summed E-state index contributed by atoms with van der Waals surface area (Å²) >= 11 is 1.49. The molecule has 0 radical (unpaired) electrons. The molecule has 2 amide bonds. The van der Waals surface area contributed by atoms with Crippen LogP contribution in [-0.4, -0.2) is 33.8 Å². The van der Waals surface area contributed by atoms with Gasteiger partial charge in [0, 0.05) is 29.7 Å². The summed E-state index contributed by atoms with van der Waals surface area (Å²) in [6.07, 6.45) is 2.60. The molecular formula is C26H28N4O2S. The number of aromatic nitrogens is 2. The molecule has 6 nitrogen and oxygen atoms in total. The number of nitrogens with one attached hydrogen (secondary N) is 2. The smallest absolute Gasteiger partial charge is 0.270 e. The van der Waals surface area contributed by atoms with Gasteiger partial charge in [0.25, 0.3) is 11.8 Å². The molecule has 2 aromatic heterocycles. The van der Waals surface area contributed by atoms with E-state index in [1.807, 2.05) is 77.5 Å². The summed E-state index contributed by atoms with van der Waals surface area (Å²) in [5.41, 5.74) is 3.73. The molecule has 4 aromatic rings. The molecule has 33 heavy (non-hydrogen) atoms. The summed E-state index contributed by atoms with van der Waals surface area (Å²) in [5, 5.41) is 8.06. The third-order valence-electron chi connectivity index (χ3n) is 5.51. The highest BCUT2D eigenvalue weighted by molar-refractivity contribution is 7.15. The van der Waals surface area contributed by atoms with Gasteiger partial charge >= 0.3 is 0 Å². The molecule has 2 N–H and O–H groups in total. The largest absolute Gasteiger partial charge is 0.349 e. The van der Waals surface area contributed by atoms with Crippen LogP contribution in [0.5, 0.6) is 0 Å². The summed E-state index contributed by atoms with van der Waals surface area (Å²) in [7, 11) is 0. The fourth-order valence-corrected chi connectivity index (χ4v) is 4.80. The SMILES string of the molecule is Cc1nc2sccn2c1C(=O)NCC(CC(C)C)NC(=O)c1ccccc1-c1ccccc1. The van der Waals surface area contributed by atoms with Crippen LogP contribution >= 0.6 is 11.3 Å². The van der Waals surface area contributed by atoms with Crippen molar-refractivity contribution < 1.29 is 9.59 Å². The van der Waals surface area contributed by atoms with Crippen LogP contribution in [0.2, 0.25) is 0 Å². The summed E-state index contributed by atoms with van der Waals surface area (Å²) in [4.78, 5) is 31.4. The van der Waals surface area contributed by atoms with E-state index in [1.54, 1.807) is 0 Å². The minimum atomic E-state index is -0.198. The molecule has 0 aliphatic carbocycles. The fraction of sp³-hybridized carbons (Fsp3) is 0.269. The summed E-state index contributed by atoms with van der Waals surface area (Å²) < 4.78 is 1.81. The molecule has 1 unspecified atom stereocenters. The minimum Gasteiger partial charge on any atom is -0.349 e. The fourth-order valence-electron chi connectivity index (χ4n) is 4.04. The lowest BCUT2D eigenvalue weighted by atomic mass is 9.98. The van der Waals surface area contributed by atoms with Crippen LogP contribution in [0.3, 0.4) is 0 Å². The minimum absolute atomic E-state index is 0.143. The Morgan fingerprint density at radius 3 is 2.52 bits per heavy atom. The number of rotatable bonds is 8. The van der Waals surface area contributed by atoms with Crippen LogP contribution < -0.4 is 10.6 Å². The van der Waals surface area contributed by atoms with Gasteiger partial charge in [0.15, 0.2) is 4.96 Å². The molecule has 0 bridgehead atoms. The van der Waals surface area contributed by atoms with Crippen LogP contribution in [0.15, 0.2) is 66.2 Å². The van der Waals surface area contributed by atoms with Crippen molar-refractivity contribution in [2.45, 2.75) is 33.2 Å². The van der Waals surface area contributed by atoms with Gasteiger partial charge in [-0.05, 0) is 36.5 Å². The number of carbonyl (C=O) groups is 2. The number of nitrogens with zero attached hydrogens (tertiary/aromatic N) is 2. The zero-order valence-electron chi connectivity index (χ0n) is 19.0. The van der Waals surface area contributed by atoms with Crippen molar-refractivity contribution in [2.75, 3.05) is 6.54 Å². The van der Waals surface area contributed by atoms with Crippen molar-refractivity contribution in [1.29, 1.82) is 0 Å². The zero-order valence-corrected chi connectivity index (χ0v) is 19.9. The molecule has 0 aliphatic heterocycles. The highest BCUT2D eigenvalue weighted by Crippen LogP contribution is 2.23. The second-order valence-electron chi connectivity index (χ2n) is 8.52. The van der Waals surface area contributed by atoms with E-state index in [4.69, 9.17) is 0 Å². The van der Waals surface area contributed by atoms with Gasteiger partial charge in [0.05, 0.1) is 5.69 Å². The van der Waals surface area contributed by atoms with Crippen LogP contribution in [0.1, 0.15) is 46.8 Å². The third-order valence-corrected chi connectivity index (χ3v) is 6.26. The molecule has 0 aliphatic rings. The van der Waals surface area contributed by atoms with Gasteiger partial charge in [-0.2, -0.15) is 0 Å². The number of thiazole rings is 1. The number of benzene rings is 2. The number of fused-ring (bicyclic) bond motifs is 1. The normalized spacial score (nSPS) is 12.1. The van der Waals surface area contributed by atoms with E-state index in [1.165, 1.54) is 11.3 Å². The molecule has 2 heterocycles. The first kappa shape index (κ1) is 22.7. The topological polar surface area (TPSA) is 75.5 Å². The van der Waals surface area contributed by atoms with Crippen molar-refractivity contribution in [3.05, 3.63) is 83.1 Å². The van der Waals surface area contributed by atoms with Gasteiger partial charge in [-0.15, -0.1) is 11.3 Å². The van der Waals surface area contributed by atoms with E-state index in [0.717, 1.165) is 22.5 Å². The number of imidazole rings is 1. The molecule has 2 aromatic carbocycles. The third kappa shape index (κ3) is 5.14. The van der Waals surface area contributed by atoms with Crippen LogP contribution in [-0.2, 0) is 0 Å². The lowest BCUT2D eigenvalue weighted by molar-refractivity contribution is 0.0901. The molecule has 7 heteroatoms. The number of carbonyl (C=O) groups excluding carboxylic acids is 2. The zero-order chi connectivity index (χ0) is 23.4. The van der Waals surface area contributed by atoms with E-state index in [9.17, 15) is 9.59 Å². The average Bonchev–Trinajstić information content (AvgIpc) is 3.37. The lowest BCUT2D eigenvalue weighted by Gasteiger charge is -2.22. The van der Waals surface area contributed by atoms with E-state index < -0.39 is 0 Å². The van der Waals surface area contributed by atoms with Crippen molar-refractivity contribution >= 4 is 28.1 Å². The first-order valence-electron chi connectivity index (χ1n) is 11.1. The van der Waals surface area contributed by atoms with Crippen molar-refractivity contribution in [1.82, 2.24) is 20.0 Å². The van der Waals surface area contributed by atoms with Gasteiger partial charge in [0.1, 0.15) is 5.69 Å². The molecule has 1 atom stereocenters. The number of amides is 2. The maximum atomic E-state index is 13.3. The van der Waals surface area contributed by atoms with Gasteiger partial charge in [-0.3, -0.25) is 14.0 Å². The molecule has 0 saturated heterocycles. The van der Waals surface area contributed by atoms with Crippen molar-refractivity contribution in [2.24, 2.45) is 5.92 Å². The van der Waals surface area contributed by atoms with Gasteiger partial charge in [-0.25, -0.2) is 4.98 Å². The molecule has 0 saturated carbocycles. The Hall–Kier alpha value is -3.45. The Morgan fingerprint density at radius 2 is 1.76 bits per heavy atom. The standard InChI is InChI=1S/C26H28N4O2S/c1-17(2)15-20(16-27-25(32)23-18(3)28-26-30(23)13-14-33-26)29-24(31)22-12-8-7-11-21(22)19-9-5-4-6-10-19/h4-14,17,20H,15-16H2,1-3H3,(H,27,32)(H,29,31). The Balaban J connectivity index is 1.50. The van der Waals surface area contributed by atoms with Crippen molar-refractivity contribution in [3.63, 3.8) is 0 Å². The highest BCUT2D eigenvalue weighted by Gasteiger charge is 2.21. The van der Waals surface area contributed by atoms with E-state index in [-0.39, 0.29) is 17.9 Å². The average molecular weight is 461 g/mol. The number of hydrogen-bond donors (Lipinski definition) is 2. The summed E-state index contributed by atoms with van der Waals surface area (Å²) in [5.74, 6) is 0.0260. The predicted molar refractivity (Wildman–Crippen MR) is 133 cm³/mol.